The van der Waals surface area contributed by atoms with Crippen molar-refractivity contribution in [2.24, 2.45) is 5.92 Å². The molecule has 1 amide bonds. The van der Waals surface area contributed by atoms with Crippen molar-refractivity contribution in [1.29, 1.82) is 0 Å². The van der Waals surface area contributed by atoms with Crippen LogP contribution >= 0.6 is 34.5 Å². The van der Waals surface area contributed by atoms with Crippen molar-refractivity contribution < 1.29 is 23.8 Å². The van der Waals surface area contributed by atoms with E-state index in [1.165, 1.54) is 50.8 Å². The van der Waals surface area contributed by atoms with E-state index < -0.39 is 17.7 Å². The Labute approximate surface area is 234 Å². The number of aliphatic carboxylic acids is 1. The molecule has 0 atom stereocenters. The third-order valence-corrected chi connectivity index (χ3v) is 7.90. The average molecular weight is 578 g/mol. The lowest BCUT2D eigenvalue weighted by Gasteiger charge is -2.11. The Bertz CT molecular complexity index is 1350. The summed E-state index contributed by atoms with van der Waals surface area (Å²) < 4.78 is 21.0. The number of nitrogens with one attached hydrogen (secondary N) is 1. The average Bonchev–Trinajstić information content (AvgIpc) is 3.57. The van der Waals surface area contributed by atoms with Crippen LogP contribution in [0, 0.1) is 11.7 Å². The van der Waals surface area contributed by atoms with Gasteiger partial charge in [-0.25, -0.2) is 14.2 Å². The molecule has 0 saturated heterocycles. The van der Waals surface area contributed by atoms with Gasteiger partial charge in [-0.3, -0.25) is 10.1 Å². The molecule has 3 aromatic rings. The fraction of sp³-hybridized carbons (Fsp3) is 0.321. The number of carboxylic acids is 1. The molecule has 1 aliphatic carbocycles. The van der Waals surface area contributed by atoms with E-state index in [-0.39, 0.29) is 32.9 Å². The smallest absolute Gasteiger partial charge is 0.331 e. The summed E-state index contributed by atoms with van der Waals surface area (Å²) in [5, 5.41) is 14.0. The van der Waals surface area contributed by atoms with Crippen molar-refractivity contribution in [3.05, 3.63) is 73.8 Å². The maximum Gasteiger partial charge on any atom is 0.331 e. The summed E-state index contributed by atoms with van der Waals surface area (Å²) in [5.74, 6) is -1.29. The zero-order valence-corrected chi connectivity index (χ0v) is 23.1. The van der Waals surface area contributed by atoms with Crippen molar-refractivity contribution in [2.45, 2.75) is 45.6 Å². The first-order valence-electron chi connectivity index (χ1n) is 12.3. The van der Waals surface area contributed by atoms with Crippen LogP contribution in [0.4, 0.5) is 9.52 Å². The fourth-order valence-corrected chi connectivity index (χ4v) is 5.68. The molecule has 0 bridgehead atoms. The molecule has 0 spiro atoms. The molecule has 6 nitrogen and oxygen atoms in total. The second-order valence-corrected chi connectivity index (χ2v) is 10.9. The zero-order valence-electron chi connectivity index (χ0n) is 20.7. The Kier molecular flexibility index (Phi) is 9.54. The lowest BCUT2D eigenvalue weighted by Crippen LogP contribution is -2.12. The molecule has 10 heteroatoms. The van der Waals surface area contributed by atoms with Crippen molar-refractivity contribution in [1.82, 2.24) is 4.98 Å². The number of aromatic nitrogens is 1. The van der Waals surface area contributed by atoms with E-state index in [1.807, 2.05) is 0 Å². The van der Waals surface area contributed by atoms with Crippen LogP contribution in [-0.4, -0.2) is 28.6 Å². The van der Waals surface area contributed by atoms with Crippen LogP contribution in [0.5, 0.6) is 0 Å². The Morgan fingerprint density at radius 2 is 1.95 bits per heavy atom. The van der Waals surface area contributed by atoms with Gasteiger partial charge in [0.1, 0.15) is 5.82 Å². The summed E-state index contributed by atoms with van der Waals surface area (Å²) in [5.41, 5.74) is 1.72. The fourth-order valence-electron chi connectivity index (χ4n) is 4.38. The summed E-state index contributed by atoms with van der Waals surface area (Å²) in [6.07, 6.45) is 7.43. The molecule has 4 rings (SSSR count). The van der Waals surface area contributed by atoms with E-state index in [0.29, 0.717) is 29.0 Å². The van der Waals surface area contributed by atoms with E-state index in [0.717, 1.165) is 23.7 Å². The summed E-state index contributed by atoms with van der Waals surface area (Å²) in [7, 11) is 0. The minimum absolute atomic E-state index is 0.0493. The van der Waals surface area contributed by atoms with Crippen molar-refractivity contribution in [3.8, 4) is 11.3 Å². The second kappa shape index (κ2) is 12.8. The number of hydrogen-bond donors (Lipinski definition) is 2. The molecular weight excluding hydrogens is 550 g/mol. The third kappa shape index (κ3) is 6.99. The molecule has 38 heavy (non-hydrogen) atoms. The minimum atomic E-state index is -1.10. The summed E-state index contributed by atoms with van der Waals surface area (Å²) in [6, 6.07) is 7.90. The molecular formula is C28H27Cl2FN2O4S. The van der Waals surface area contributed by atoms with Gasteiger partial charge >= 0.3 is 5.97 Å². The predicted octanol–water partition coefficient (Wildman–Crippen LogP) is 8.09. The van der Waals surface area contributed by atoms with Crippen molar-refractivity contribution >= 4 is 57.6 Å². The van der Waals surface area contributed by atoms with Gasteiger partial charge < -0.3 is 9.84 Å². The van der Waals surface area contributed by atoms with Crippen molar-refractivity contribution in [3.63, 3.8) is 0 Å². The number of hydrogen-bond acceptors (Lipinski definition) is 5. The first kappa shape index (κ1) is 28.2. The van der Waals surface area contributed by atoms with Gasteiger partial charge in [-0.15, -0.1) is 11.3 Å². The molecule has 0 aliphatic heterocycles. The van der Waals surface area contributed by atoms with E-state index >= 15 is 4.39 Å². The molecule has 200 valence electrons. The number of benzene rings is 2. The number of carbonyl (C=O) groups excluding carboxylic acids is 1. The SMILES string of the molecule is CC(=Cc1c(Cl)cc(C(=O)Nc2nc(-c3cccc(COCCC4CCCC4)c3F)cs2)cc1Cl)C(=O)O. The number of nitrogens with zero attached hydrogens (tertiary/aromatic N) is 1. The molecule has 2 aromatic carbocycles. The molecule has 0 unspecified atom stereocenters. The maximum absolute atomic E-state index is 15.2. The lowest BCUT2D eigenvalue weighted by molar-refractivity contribution is -0.132. The highest BCUT2D eigenvalue weighted by atomic mass is 35.5. The van der Waals surface area contributed by atoms with Gasteiger partial charge in [-0.1, -0.05) is 61.0 Å². The molecule has 1 aliphatic rings. The quantitative estimate of drug-likeness (QED) is 0.188. The molecule has 0 radical (unpaired) electrons. The number of thiazole rings is 1. The van der Waals surface area contributed by atoms with Crippen LogP contribution in [0.2, 0.25) is 10.0 Å². The van der Waals surface area contributed by atoms with E-state index in [4.69, 9.17) is 33.0 Å². The molecule has 2 N–H and O–H groups in total. The van der Waals surface area contributed by atoms with Crippen LogP contribution in [0.15, 0.2) is 41.3 Å². The van der Waals surface area contributed by atoms with Gasteiger partial charge in [-0.2, -0.15) is 0 Å². The number of carbonyl (C=O) groups is 2. The van der Waals surface area contributed by atoms with Gasteiger partial charge in [0.25, 0.3) is 5.91 Å². The number of carboxylic acid groups (broad SMARTS) is 1. The van der Waals surface area contributed by atoms with Crippen LogP contribution in [0.3, 0.4) is 0 Å². The summed E-state index contributed by atoms with van der Waals surface area (Å²) in [4.78, 5) is 28.3. The molecule has 1 aromatic heterocycles. The van der Waals surface area contributed by atoms with Crippen LogP contribution in [-0.2, 0) is 16.1 Å². The standard InChI is InChI=1S/C28H27Cl2FN2O4S/c1-16(27(35)36)11-21-22(29)12-19(13-23(21)30)26(34)33-28-32-24(15-38-28)20-8-4-7-18(25(20)31)14-37-10-9-17-5-2-3-6-17/h4,7-8,11-13,15,17H,2-3,5-6,9-10,14H2,1H3,(H,35,36)(H,32,33,34). The van der Waals surface area contributed by atoms with E-state index in [2.05, 4.69) is 10.3 Å². The first-order valence-corrected chi connectivity index (χ1v) is 13.9. The second-order valence-electron chi connectivity index (χ2n) is 9.25. The molecule has 1 saturated carbocycles. The summed E-state index contributed by atoms with van der Waals surface area (Å²) >= 11 is 13.7. The molecule has 1 fully saturated rings. The van der Waals surface area contributed by atoms with Crippen LogP contribution in [0.25, 0.3) is 17.3 Å². The topological polar surface area (TPSA) is 88.5 Å². The van der Waals surface area contributed by atoms with Gasteiger partial charge in [0.2, 0.25) is 0 Å². The highest BCUT2D eigenvalue weighted by molar-refractivity contribution is 7.14. The minimum Gasteiger partial charge on any atom is -0.478 e. The normalized spacial score (nSPS) is 14.2. The number of rotatable bonds is 10. The highest BCUT2D eigenvalue weighted by Crippen LogP contribution is 2.32. The number of amides is 1. The Morgan fingerprint density at radius 3 is 2.63 bits per heavy atom. The van der Waals surface area contributed by atoms with Crippen LogP contribution < -0.4 is 5.32 Å². The Balaban J connectivity index is 1.42. The number of anilines is 1. The van der Waals surface area contributed by atoms with Crippen LogP contribution in [0.1, 0.15) is 60.5 Å². The largest absolute Gasteiger partial charge is 0.478 e. The van der Waals surface area contributed by atoms with Gasteiger partial charge in [-0.05, 0) is 43.5 Å². The maximum atomic E-state index is 15.2. The summed E-state index contributed by atoms with van der Waals surface area (Å²) in [6.45, 7) is 2.23. The predicted molar refractivity (Wildman–Crippen MR) is 149 cm³/mol. The van der Waals surface area contributed by atoms with E-state index in [9.17, 15) is 9.59 Å². The Morgan fingerprint density at radius 1 is 1.24 bits per heavy atom. The van der Waals surface area contributed by atoms with Crippen molar-refractivity contribution in [2.75, 3.05) is 11.9 Å². The zero-order chi connectivity index (χ0) is 27.2. The molecule has 1 heterocycles. The lowest BCUT2D eigenvalue weighted by atomic mass is 10.1. The monoisotopic (exact) mass is 576 g/mol. The Hall–Kier alpha value is -2.78. The number of halogens is 3. The van der Waals surface area contributed by atoms with Gasteiger partial charge in [0, 0.05) is 39.8 Å². The van der Waals surface area contributed by atoms with Gasteiger partial charge in [0.15, 0.2) is 5.13 Å². The van der Waals surface area contributed by atoms with Gasteiger partial charge in [0.05, 0.1) is 22.3 Å². The first-order chi connectivity index (χ1) is 18.2. The van der Waals surface area contributed by atoms with E-state index in [1.54, 1.807) is 23.6 Å². The highest BCUT2D eigenvalue weighted by Gasteiger charge is 2.18. The number of ether oxygens (including phenoxy) is 1. The third-order valence-electron chi connectivity index (χ3n) is 6.52.